The third-order valence-electron chi connectivity index (χ3n) is 4.19. The van der Waals surface area contributed by atoms with Gasteiger partial charge in [0, 0.05) is 24.5 Å². The van der Waals surface area contributed by atoms with Gasteiger partial charge in [-0.15, -0.1) is 11.3 Å². The van der Waals surface area contributed by atoms with Gasteiger partial charge < -0.3 is 21.1 Å². The fraction of sp³-hybridized carbons (Fsp3) is 0.562. The highest BCUT2D eigenvalue weighted by molar-refractivity contribution is 7.15. The quantitative estimate of drug-likeness (QED) is 0.642. The second-order valence-corrected chi connectivity index (χ2v) is 7.21. The van der Waals surface area contributed by atoms with Crippen molar-refractivity contribution >= 4 is 33.8 Å². The van der Waals surface area contributed by atoms with Crippen LogP contribution in [-0.2, 0) is 4.74 Å². The Morgan fingerprint density at radius 2 is 2.00 bits per heavy atom. The highest BCUT2D eigenvalue weighted by Crippen LogP contribution is 2.29. The molecular weight excluding hydrogens is 338 g/mol. The van der Waals surface area contributed by atoms with Crippen molar-refractivity contribution in [3.05, 3.63) is 16.9 Å². The van der Waals surface area contributed by atoms with Crippen LogP contribution in [0.15, 0.2) is 6.33 Å². The van der Waals surface area contributed by atoms with E-state index in [1.54, 1.807) is 11.3 Å². The zero-order valence-electron chi connectivity index (χ0n) is 14.7. The van der Waals surface area contributed by atoms with Crippen LogP contribution >= 0.6 is 11.3 Å². The number of hydrogen-bond donors (Lipinski definition) is 3. The van der Waals surface area contributed by atoms with E-state index in [2.05, 4.69) is 30.5 Å². The predicted molar refractivity (Wildman–Crippen MR) is 102 cm³/mol. The van der Waals surface area contributed by atoms with E-state index in [1.807, 2.05) is 13.8 Å². The fourth-order valence-corrected chi connectivity index (χ4v) is 3.41. The average molecular weight is 363 g/mol. The summed E-state index contributed by atoms with van der Waals surface area (Å²) in [5.74, 6) is 1.24. The summed E-state index contributed by atoms with van der Waals surface area (Å²) >= 11 is 1.59. The maximum atomic E-state index is 6.20. The molecule has 3 heterocycles. The van der Waals surface area contributed by atoms with Crippen molar-refractivity contribution in [2.75, 3.05) is 55.8 Å². The Kier molecular flexibility index (Phi) is 6.00. The molecule has 0 spiro atoms. The third-order valence-corrected chi connectivity index (χ3v) is 5.17. The van der Waals surface area contributed by atoms with Crippen molar-refractivity contribution in [2.45, 2.75) is 20.3 Å². The molecule has 0 aliphatic carbocycles. The van der Waals surface area contributed by atoms with Crippen LogP contribution in [0.5, 0.6) is 0 Å². The molecule has 0 atom stereocenters. The van der Waals surface area contributed by atoms with Crippen LogP contribution < -0.4 is 16.4 Å². The smallest absolute Gasteiger partial charge is 0.188 e. The van der Waals surface area contributed by atoms with Gasteiger partial charge in [0.25, 0.3) is 0 Å². The Labute approximate surface area is 151 Å². The molecular formula is C16H25N7OS. The molecule has 1 aliphatic rings. The van der Waals surface area contributed by atoms with Crippen LogP contribution in [0, 0.1) is 13.8 Å². The molecule has 0 bridgehead atoms. The number of morpholine rings is 1. The van der Waals surface area contributed by atoms with Gasteiger partial charge in [-0.2, -0.15) is 0 Å². The van der Waals surface area contributed by atoms with Crippen molar-refractivity contribution in [2.24, 2.45) is 0 Å². The number of rotatable bonds is 7. The van der Waals surface area contributed by atoms with E-state index < -0.39 is 0 Å². The largest absolute Gasteiger partial charge is 0.393 e. The normalized spacial score (nSPS) is 15.3. The molecule has 3 rings (SSSR count). The van der Waals surface area contributed by atoms with Crippen LogP contribution in [0.3, 0.4) is 0 Å². The first kappa shape index (κ1) is 17.8. The molecule has 136 valence electrons. The minimum atomic E-state index is 0.513. The van der Waals surface area contributed by atoms with Crippen molar-refractivity contribution < 1.29 is 4.74 Å². The Morgan fingerprint density at radius 1 is 1.24 bits per heavy atom. The van der Waals surface area contributed by atoms with Crippen LogP contribution in [0.25, 0.3) is 0 Å². The summed E-state index contributed by atoms with van der Waals surface area (Å²) in [7, 11) is 0. The van der Waals surface area contributed by atoms with Gasteiger partial charge in [-0.25, -0.2) is 15.0 Å². The average Bonchev–Trinajstić information content (AvgIpc) is 2.93. The first-order valence-electron chi connectivity index (χ1n) is 8.49. The lowest BCUT2D eigenvalue weighted by Crippen LogP contribution is -2.37. The minimum Gasteiger partial charge on any atom is -0.393 e. The van der Waals surface area contributed by atoms with E-state index in [0.29, 0.717) is 17.3 Å². The predicted octanol–water partition coefficient (Wildman–Crippen LogP) is 2.01. The molecule has 0 aromatic carbocycles. The Hall–Kier alpha value is -1.97. The molecule has 8 nitrogen and oxygen atoms in total. The standard InChI is InChI=1S/C16H25N7OS/c1-11-12(2)25-16(21-11)22-15-13(17)14(19-10-20-15)18-4-3-5-23-6-8-24-9-7-23/h10H,3-9,17H2,1-2H3,(H2,18,19,20,21,22). The number of nitrogens with one attached hydrogen (secondary N) is 2. The lowest BCUT2D eigenvalue weighted by Gasteiger charge is -2.26. The first-order chi connectivity index (χ1) is 12.1. The number of aryl methyl sites for hydroxylation is 2. The van der Waals surface area contributed by atoms with Crippen molar-refractivity contribution in [3.63, 3.8) is 0 Å². The summed E-state index contributed by atoms with van der Waals surface area (Å²) in [6.07, 6.45) is 2.54. The highest BCUT2D eigenvalue weighted by atomic mass is 32.1. The number of nitrogen functional groups attached to an aromatic ring is 1. The zero-order chi connectivity index (χ0) is 17.6. The summed E-state index contributed by atoms with van der Waals surface area (Å²) in [5, 5.41) is 7.28. The summed E-state index contributed by atoms with van der Waals surface area (Å²) < 4.78 is 5.36. The van der Waals surface area contributed by atoms with Crippen molar-refractivity contribution in [1.29, 1.82) is 0 Å². The molecule has 0 amide bonds. The Bertz CT molecular complexity index is 680. The van der Waals surface area contributed by atoms with Crippen LogP contribution in [0.2, 0.25) is 0 Å². The second kappa shape index (κ2) is 8.41. The lowest BCUT2D eigenvalue weighted by molar-refractivity contribution is 0.0378. The summed E-state index contributed by atoms with van der Waals surface area (Å²) in [4.78, 5) is 16.5. The molecule has 2 aromatic rings. The monoisotopic (exact) mass is 363 g/mol. The van der Waals surface area contributed by atoms with Gasteiger partial charge in [0.1, 0.15) is 12.0 Å². The molecule has 9 heteroatoms. The SMILES string of the molecule is Cc1nc(Nc2ncnc(NCCCN3CCOCC3)c2N)sc1C. The van der Waals surface area contributed by atoms with Gasteiger partial charge >= 0.3 is 0 Å². The molecule has 0 radical (unpaired) electrons. The van der Waals surface area contributed by atoms with E-state index >= 15 is 0 Å². The molecule has 4 N–H and O–H groups in total. The molecule has 0 unspecified atom stereocenters. The molecule has 0 saturated carbocycles. The number of nitrogens with zero attached hydrogens (tertiary/aromatic N) is 4. The van der Waals surface area contributed by atoms with Crippen molar-refractivity contribution in [3.8, 4) is 0 Å². The first-order valence-corrected chi connectivity index (χ1v) is 9.30. The van der Waals surface area contributed by atoms with Crippen LogP contribution in [-0.4, -0.2) is 59.2 Å². The van der Waals surface area contributed by atoms with Gasteiger partial charge in [0.05, 0.1) is 18.9 Å². The van der Waals surface area contributed by atoms with Crippen molar-refractivity contribution in [1.82, 2.24) is 19.9 Å². The van der Waals surface area contributed by atoms with E-state index in [-0.39, 0.29) is 0 Å². The number of thiazole rings is 1. The molecule has 1 saturated heterocycles. The Morgan fingerprint density at radius 3 is 2.72 bits per heavy atom. The minimum absolute atomic E-state index is 0.513. The summed E-state index contributed by atoms with van der Waals surface area (Å²) in [5.41, 5.74) is 7.73. The van der Waals surface area contributed by atoms with Gasteiger partial charge in [0.2, 0.25) is 0 Å². The third kappa shape index (κ3) is 4.77. The topological polar surface area (TPSA) is 101 Å². The summed E-state index contributed by atoms with van der Waals surface area (Å²) in [6, 6.07) is 0. The van der Waals surface area contributed by atoms with E-state index in [4.69, 9.17) is 10.5 Å². The van der Waals surface area contributed by atoms with E-state index in [1.165, 1.54) is 11.2 Å². The number of aromatic nitrogens is 3. The number of hydrogen-bond acceptors (Lipinski definition) is 9. The maximum absolute atomic E-state index is 6.20. The number of anilines is 4. The maximum Gasteiger partial charge on any atom is 0.188 e. The number of nitrogens with two attached hydrogens (primary N) is 1. The molecule has 1 fully saturated rings. The molecule has 1 aliphatic heterocycles. The second-order valence-electron chi connectivity index (χ2n) is 6.00. The van der Waals surface area contributed by atoms with Gasteiger partial charge in [-0.05, 0) is 26.8 Å². The summed E-state index contributed by atoms with van der Waals surface area (Å²) in [6.45, 7) is 9.57. The lowest BCUT2D eigenvalue weighted by atomic mass is 10.3. The molecule has 2 aromatic heterocycles. The van der Waals surface area contributed by atoms with Gasteiger partial charge in [-0.3, -0.25) is 4.90 Å². The van der Waals surface area contributed by atoms with Gasteiger partial charge in [-0.1, -0.05) is 0 Å². The number of ether oxygens (including phenoxy) is 1. The van der Waals surface area contributed by atoms with Crippen LogP contribution in [0.1, 0.15) is 17.0 Å². The van der Waals surface area contributed by atoms with E-state index in [9.17, 15) is 0 Å². The highest BCUT2D eigenvalue weighted by Gasteiger charge is 2.12. The van der Waals surface area contributed by atoms with E-state index in [0.717, 1.165) is 56.6 Å². The Balaban J connectivity index is 1.53. The van der Waals surface area contributed by atoms with Crippen LogP contribution in [0.4, 0.5) is 22.5 Å². The fourth-order valence-electron chi connectivity index (χ4n) is 2.60. The zero-order valence-corrected chi connectivity index (χ0v) is 15.5. The van der Waals surface area contributed by atoms with Gasteiger partial charge in [0.15, 0.2) is 16.8 Å². The molecule has 25 heavy (non-hydrogen) atoms.